The van der Waals surface area contributed by atoms with E-state index in [4.69, 9.17) is 0 Å². The third kappa shape index (κ3) is 1.59. The summed E-state index contributed by atoms with van der Waals surface area (Å²) in [5, 5.41) is 1.20. The van der Waals surface area contributed by atoms with Gasteiger partial charge in [0.05, 0.1) is 5.52 Å². The number of hydrogen-bond acceptors (Lipinski definition) is 1. The maximum atomic E-state index is 4.37. The van der Waals surface area contributed by atoms with Crippen molar-refractivity contribution in [1.82, 2.24) is 4.98 Å². The number of pyridine rings is 1. The quantitative estimate of drug-likeness (QED) is 0.737. The lowest BCUT2D eigenvalue weighted by molar-refractivity contribution is 1.14. The van der Waals surface area contributed by atoms with Crippen LogP contribution in [0.3, 0.4) is 0 Å². The number of aryl methyl sites for hydroxylation is 1. The van der Waals surface area contributed by atoms with Crippen LogP contribution in [0.5, 0.6) is 0 Å². The fraction of sp³-hybridized carbons (Fsp3) is 0.182. The summed E-state index contributed by atoms with van der Waals surface area (Å²) >= 11 is 3.50. The molecule has 1 heterocycles. The lowest BCUT2D eigenvalue weighted by Crippen LogP contribution is -1.86. The van der Waals surface area contributed by atoms with Crippen LogP contribution in [0.1, 0.15) is 12.5 Å². The molecule has 0 aliphatic carbocycles. The molecular weight excluding hydrogens is 226 g/mol. The summed E-state index contributed by atoms with van der Waals surface area (Å²) in [5.41, 5.74) is 2.41. The van der Waals surface area contributed by atoms with Crippen molar-refractivity contribution >= 4 is 26.8 Å². The zero-order chi connectivity index (χ0) is 9.26. The summed E-state index contributed by atoms with van der Waals surface area (Å²) in [5.74, 6) is 0. The highest BCUT2D eigenvalue weighted by atomic mass is 79.9. The van der Waals surface area contributed by atoms with Crippen molar-refractivity contribution in [2.24, 2.45) is 0 Å². The Morgan fingerprint density at radius 3 is 3.00 bits per heavy atom. The summed E-state index contributed by atoms with van der Waals surface area (Å²) < 4.78 is 1.13. The third-order valence-corrected chi connectivity index (χ3v) is 2.59. The second kappa shape index (κ2) is 3.46. The minimum Gasteiger partial charge on any atom is -0.256 e. The molecule has 0 radical (unpaired) electrons. The van der Waals surface area contributed by atoms with Crippen molar-refractivity contribution in [3.63, 3.8) is 0 Å². The van der Waals surface area contributed by atoms with Gasteiger partial charge in [-0.2, -0.15) is 0 Å². The molecule has 2 rings (SSSR count). The molecule has 0 aliphatic rings. The van der Waals surface area contributed by atoms with Crippen LogP contribution in [0.15, 0.2) is 34.9 Å². The van der Waals surface area contributed by atoms with Crippen LogP contribution >= 0.6 is 15.9 Å². The normalized spacial score (nSPS) is 10.6. The fourth-order valence-corrected chi connectivity index (χ4v) is 2.02. The third-order valence-electron chi connectivity index (χ3n) is 2.13. The van der Waals surface area contributed by atoms with Gasteiger partial charge in [0.25, 0.3) is 0 Å². The van der Waals surface area contributed by atoms with Gasteiger partial charge in [0.15, 0.2) is 0 Å². The number of fused-ring (bicyclic) bond motifs is 1. The molecule has 66 valence electrons. The molecule has 13 heavy (non-hydrogen) atoms. The minimum absolute atomic E-state index is 1.02. The molecular formula is C11H10BrN. The average Bonchev–Trinajstić information content (AvgIpc) is 2.16. The molecule has 0 amide bonds. The number of halogens is 1. The van der Waals surface area contributed by atoms with E-state index in [9.17, 15) is 0 Å². The Morgan fingerprint density at radius 1 is 1.38 bits per heavy atom. The molecule has 0 bridgehead atoms. The standard InChI is InChI=1S/C11H10BrN/c1-2-8-6-10(12)7-9-4-3-5-13-11(8)9/h3-7H,2H2,1H3. The molecule has 0 spiro atoms. The molecule has 1 aromatic heterocycles. The molecule has 0 saturated carbocycles. The predicted octanol–water partition coefficient (Wildman–Crippen LogP) is 3.56. The average molecular weight is 236 g/mol. The summed E-state index contributed by atoms with van der Waals surface area (Å²) in [6.07, 6.45) is 2.86. The molecule has 0 saturated heterocycles. The van der Waals surface area contributed by atoms with Crippen LogP contribution in [0, 0.1) is 0 Å². The first-order valence-electron chi connectivity index (χ1n) is 4.34. The van der Waals surface area contributed by atoms with Gasteiger partial charge in [0, 0.05) is 16.1 Å². The summed E-state index contributed by atoms with van der Waals surface area (Å²) in [4.78, 5) is 4.37. The van der Waals surface area contributed by atoms with E-state index < -0.39 is 0 Å². The van der Waals surface area contributed by atoms with Crippen molar-refractivity contribution in [2.75, 3.05) is 0 Å². The van der Waals surface area contributed by atoms with E-state index in [2.05, 4.69) is 46.0 Å². The number of nitrogens with zero attached hydrogens (tertiary/aromatic N) is 1. The first-order chi connectivity index (χ1) is 6.31. The molecule has 2 aromatic rings. The summed E-state index contributed by atoms with van der Waals surface area (Å²) in [6.45, 7) is 2.15. The molecule has 0 unspecified atom stereocenters. The van der Waals surface area contributed by atoms with Crippen LogP contribution < -0.4 is 0 Å². The first kappa shape index (κ1) is 8.70. The molecule has 2 heteroatoms. The lowest BCUT2D eigenvalue weighted by Gasteiger charge is -2.03. The van der Waals surface area contributed by atoms with E-state index in [-0.39, 0.29) is 0 Å². The Labute approximate surface area is 85.9 Å². The van der Waals surface area contributed by atoms with Crippen LogP contribution in [-0.4, -0.2) is 4.98 Å². The van der Waals surface area contributed by atoms with Crippen LogP contribution in [-0.2, 0) is 6.42 Å². The van der Waals surface area contributed by atoms with Crippen molar-refractivity contribution in [1.29, 1.82) is 0 Å². The number of benzene rings is 1. The van der Waals surface area contributed by atoms with Crippen LogP contribution in [0.2, 0.25) is 0 Å². The molecule has 0 N–H and O–H groups in total. The Bertz CT molecular complexity index is 437. The molecule has 0 aliphatic heterocycles. The summed E-state index contributed by atoms with van der Waals surface area (Å²) in [7, 11) is 0. The van der Waals surface area contributed by atoms with E-state index in [1.165, 1.54) is 10.9 Å². The van der Waals surface area contributed by atoms with E-state index in [1.807, 2.05) is 12.3 Å². The van der Waals surface area contributed by atoms with Gasteiger partial charge < -0.3 is 0 Å². The number of rotatable bonds is 1. The van der Waals surface area contributed by atoms with E-state index in [0.29, 0.717) is 0 Å². The van der Waals surface area contributed by atoms with E-state index in [1.54, 1.807) is 0 Å². The van der Waals surface area contributed by atoms with Gasteiger partial charge >= 0.3 is 0 Å². The van der Waals surface area contributed by atoms with Gasteiger partial charge in [-0.3, -0.25) is 4.98 Å². The van der Waals surface area contributed by atoms with Crippen molar-refractivity contribution in [3.8, 4) is 0 Å². The second-order valence-corrected chi connectivity index (χ2v) is 3.91. The van der Waals surface area contributed by atoms with Gasteiger partial charge in [-0.1, -0.05) is 28.9 Å². The van der Waals surface area contributed by atoms with Crippen molar-refractivity contribution in [2.45, 2.75) is 13.3 Å². The largest absolute Gasteiger partial charge is 0.256 e. The van der Waals surface area contributed by atoms with Gasteiger partial charge in [0.2, 0.25) is 0 Å². The second-order valence-electron chi connectivity index (χ2n) is 2.99. The smallest absolute Gasteiger partial charge is 0.0734 e. The lowest BCUT2D eigenvalue weighted by atomic mass is 10.1. The molecule has 0 fully saturated rings. The first-order valence-corrected chi connectivity index (χ1v) is 5.13. The monoisotopic (exact) mass is 235 g/mol. The highest BCUT2D eigenvalue weighted by Crippen LogP contribution is 2.22. The predicted molar refractivity (Wildman–Crippen MR) is 58.8 cm³/mol. The Hall–Kier alpha value is -0.890. The highest BCUT2D eigenvalue weighted by Gasteiger charge is 2.01. The zero-order valence-corrected chi connectivity index (χ0v) is 9.01. The molecule has 1 nitrogen and oxygen atoms in total. The highest BCUT2D eigenvalue weighted by molar-refractivity contribution is 9.10. The zero-order valence-electron chi connectivity index (χ0n) is 7.42. The topological polar surface area (TPSA) is 12.9 Å². The van der Waals surface area contributed by atoms with Gasteiger partial charge in [0.1, 0.15) is 0 Å². The van der Waals surface area contributed by atoms with Gasteiger partial charge in [-0.15, -0.1) is 0 Å². The number of aromatic nitrogens is 1. The van der Waals surface area contributed by atoms with E-state index in [0.717, 1.165) is 16.4 Å². The fourth-order valence-electron chi connectivity index (χ4n) is 1.50. The molecule has 0 atom stereocenters. The van der Waals surface area contributed by atoms with Crippen LogP contribution in [0.4, 0.5) is 0 Å². The Balaban J connectivity index is 2.81. The van der Waals surface area contributed by atoms with Crippen molar-refractivity contribution in [3.05, 3.63) is 40.5 Å². The minimum atomic E-state index is 1.02. The number of hydrogen-bond donors (Lipinski definition) is 0. The Kier molecular flexibility index (Phi) is 2.32. The Morgan fingerprint density at radius 2 is 2.23 bits per heavy atom. The van der Waals surface area contributed by atoms with Gasteiger partial charge in [-0.25, -0.2) is 0 Å². The summed E-state index contributed by atoms with van der Waals surface area (Å²) in [6, 6.07) is 8.29. The SMILES string of the molecule is CCc1cc(Br)cc2cccnc12. The van der Waals surface area contributed by atoms with Crippen molar-refractivity contribution < 1.29 is 0 Å². The molecule has 1 aromatic carbocycles. The maximum absolute atomic E-state index is 4.37. The van der Waals surface area contributed by atoms with Gasteiger partial charge in [-0.05, 0) is 30.2 Å². The van der Waals surface area contributed by atoms with Crippen LogP contribution in [0.25, 0.3) is 10.9 Å². The van der Waals surface area contributed by atoms with E-state index >= 15 is 0 Å². The maximum Gasteiger partial charge on any atom is 0.0734 e.